The lowest BCUT2D eigenvalue weighted by atomic mass is 10.1. The molecule has 0 amide bonds. The third kappa shape index (κ3) is 1.46. The number of hydrogen-bond acceptors (Lipinski definition) is 3. The molecule has 0 saturated carbocycles. The van der Waals surface area contributed by atoms with E-state index in [0.717, 1.165) is 27.5 Å². The molecule has 0 saturated heterocycles. The molecule has 0 radical (unpaired) electrons. The van der Waals surface area contributed by atoms with Crippen LogP contribution in [0.2, 0.25) is 0 Å². The highest BCUT2D eigenvalue weighted by Gasteiger charge is 2.10. The van der Waals surface area contributed by atoms with Crippen LogP contribution in [0.4, 0.5) is 0 Å². The zero-order chi connectivity index (χ0) is 13.5. The summed E-state index contributed by atoms with van der Waals surface area (Å²) in [6.45, 7) is 0. The number of para-hydroxylation sites is 1. The summed E-state index contributed by atoms with van der Waals surface area (Å²) in [6, 6.07) is 11.1. The largest absolute Gasteiger partial charge is 0.284 e. The maximum atomic E-state index is 12.3. The highest BCUT2D eigenvalue weighted by Crippen LogP contribution is 2.23. The van der Waals surface area contributed by atoms with E-state index >= 15 is 0 Å². The van der Waals surface area contributed by atoms with Crippen LogP contribution in [0, 0.1) is 0 Å². The summed E-state index contributed by atoms with van der Waals surface area (Å²) < 4.78 is 1.66. The molecule has 3 aromatic heterocycles. The minimum atomic E-state index is -0.0877. The van der Waals surface area contributed by atoms with Crippen LogP contribution in [0.25, 0.3) is 27.5 Å². The van der Waals surface area contributed by atoms with Crippen LogP contribution in [-0.4, -0.2) is 19.7 Å². The zero-order valence-corrected chi connectivity index (χ0v) is 10.4. The van der Waals surface area contributed by atoms with Gasteiger partial charge in [0.1, 0.15) is 0 Å². The van der Waals surface area contributed by atoms with Gasteiger partial charge in [0.2, 0.25) is 0 Å². The Morgan fingerprint density at radius 2 is 1.95 bits per heavy atom. The Hall–Kier alpha value is -2.95. The Kier molecular flexibility index (Phi) is 2.20. The van der Waals surface area contributed by atoms with Crippen molar-refractivity contribution in [1.29, 1.82) is 0 Å². The fourth-order valence-electron chi connectivity index (χ4n) is 2.48. The number of benzene rings is 1. The molecule has 0 unspecified atom stereocenters. The first kappa shape index (κ1) is 10.9. The number of nitrogens with one attached hydrogen (secondary N) is 1. The third-order valence-electron chi connectivity index (χ3n) is 3.37. The molecule has 0 aliphatic heterocycles. The van der Waals surface area contributed by atoms with E-state index in [1.807, 2.05) is 24.3 Å². The van der Waals surface area contributed by atoms with Crippen LogP contribution in [0.1, 0.15) is 0 Å². The van der Waals surface area contributed by atoms with Crippen LogP contribution in [0.3, 0.4) is 0 Å². The number of hydrogen-bond donors (Lipinski definition) is 1. The van der Waals surface area contributed by atoms with Gasteiger partial charge in [0.05, 0.1) is 22.9 Å². The molecule has 20 heavy (non-hydrogen) atoms. The van der Waals surface area contributed by atoms with Crippen molar-refractivity contribution in [3.8, 4) is 5.69 Å². The molecule has 1 aromatic carbocycles. The SMILES string of the molecule is O=c1ccc2cnc3ccccc3c2n1-c1cn[nH]c1. The van der Waals surface area contributed by atoms with E-state index in [0.29, 0.717) is 0 Å². The first-order chi connectivity index (χ1) is 9.84. The molecule has 0 bridgehead atoms. The second-order valence-electron chi connectivity index (χ2n) is 4.54. The second-order valence-corrected chi connectivity index (χ2v) is 4.54. The smallest absolute Gasteiger partial charge is 0.255 e. The Bertz CT molecular complexity index is 970. The molecule has 4 aromatic rings. The fourth-order valence-corrected chi connectivity index (χ4v) is 2.48. The van der Waals surface area contributed by atoms with Crippen LogP contribution in [0.15, 0.2) is 59.8 Å². The number of H-pyrrole nitrogens is 1. The molecule has 0 spiro atoms. The third-order valence-corrected chi connectivity index (χ3v) is 3.37. The highest BCUT2D eigenvalue weighted by atomic mass is 16.1. The Morgan fingerprint density at radius 1 is 1.05 bits per heavy atom. The lowest BCUT2D eigenvalue weighted by molar-refractivity contribution is 1.05. The minimum absolute atomic E-state index is 0.0877. The summed E-state index contributed by atoms with van der Waals surface area (Å²) in [7, 11) is 0. The number of nitrogens with zero attached hydrogens (tertiary/aromatic N) is 3. The molecule has 5 heteroatoms. The van der Waals surface area contributed by atoms with Gasteiger partial charge < -0.3 is 0 Å². The first-order valence-corrected chi connectivity index (χ1v) is 6.23. The molecule has 5 nitrogen and oxygen atoms in total. The molecule has 0 aliphatic carbocycles. The van der Waals surface area contributed by atoms with Gasteiger partial charge in [0, 0.05) is 29.2 Å². The van der Waals surface area contributed by atoms with Gasteiger partial charge in [-0.3, -0.25) is 19.4 Å². The number of aromatic amines is 1. The zero-order valence-electron chi connectivity index (χ0n) is 10.4. The molecule has 96 valence electrons. The lowest BCUT2D eigenvalue weighted by Crippen LogP contribution is -2.17. The average Bonchev–Trinajstić information content (AvgIpc) is 3.01. The van der Waals surface area contributed by atoms with E-state index in [1.54, 1.807) is 35.3 Å². The summed E-state index contributed by atoms with van der Waals surface area (Å²) in [5, 5.41) is 8.54. The molecule has 0 aliphatic rings. The summed E-state index contributed by atoms with van der Waals surface area (Å²) >= 11 is 0. The summed E-state index contributed by atoms with van der Waals surface area (Å²) in [6.07, 6.45) is 5.12. The summed E-state index contributed by atoms with van der Waals surface area (Å²) in [5.41, 5.74) is 2.35. The minimum Gasteiger partial charge on any atom is -0.284 e. The molecule has 0 fully saturated rings. The lowest BCUT2D eigenvalue weighted by Gasteiger charge is -2.10. The monoisotopic (exact) mass is 262 g/mol. The molecular weight excluding hydrogens is 252 g/mol. The molecule has 1 N–H and O–H groups in total. The average molecular weight is 262 g/mol. The van der Waals surface area contributed by atoms with E-state index in [-0.39, 0.29) is 5.56 Å². The van der Waals surface area contributed by atoms with Crippen molar-refractivity contribution in [2.45, 2.75) is 0 Å². The van der Waals surface area contributed by atoms with Gasteiger partial charge in [0.15, 0.2) is 0 Å². The van der Waals surface area contributed by atoms with Gasteiger partial charge in [-0.2, -0.15) is 5.10 Å². The normalized spacial score (nSPS) is 11.2. The van der Waals surface area contributed by atoms with Gasteiger partial charge in [-0.1, -0.05) is 18.2 Å². The number of pyridine rings is 2. The van der Waals surface area contributed by atoms with Crippen molar-refractivity contribution < 1.29 is 0 Å². The fraction of sp³-hybridized carbons (Fsp3) is 0. The van der Waals surface area contributed by atoms with Crippen LogP contribution in [-0.2, 0) is 0 Å². The Balaban J connectivity index is 2.29. The van der Waals surface area contributed by atoms with Crippen molar-refractivity contribution in [3.05, 3.63) is 65.3 Å². The van der Waals surface area contributed by atoms with Gasteiger partial charge in [-0.25, -0.2) is 0 Å². The summed E-state index contributed by atoms with van der Waals surface area (Å²) in [4.78, 5) is 16.7. The molecule has 3 heterocycles. The van der Waals surface area contributed by atoms with E-state index in [2.05, 4.69) is 15.2 Å². The Labute approximate surface area is 113 Å². The predicted molar refractivity (Wildman–Crippen MR) is 77.0 cm³/mol. The van der Waals surface area contributed by atoms with Crippen molar-refractivity contribution in [1.82, 2.24) is 19.7 Å². The second kappa shape index (κ2) is 4.03. The van der Waals surface area contributed by atoms with Gasteiger partial charge in [-0.05, 0) is 12.1 Å². The molecular formula is C15H10N4O. The highest BCUT2D eigenvalue weighted by molar-refractivity contribution is 6.03. The van der Waals surface area contributed by atoms with Crippen LogP contribution >= 0.6 is 0 Å². The van der Waals surface area contributed by atoms with Gasteiger partial charge in [0.25, 0.3) is 5.56 Å². The van der Waals surface area contributed by atoms with Crippen LogP contribution < -0.4 is 5.56 Å². The van der Waals surface area contributed by atoms with Crippen molar-refractivity contribution in [3.63, 3.8) is 0 Å². The van der Waals surface area contributed by atoms with Gasteiger partial charge >= 0.3 is 0 Å². The van der Waals surface area contributed by atoms with E-state index in [9.17, 15) is 4.79 Å². The maximum absolute atomic E-state index is 12.3. The molecule has 4 rings (SSSR count). The topological polar surface area (TPSA) is 63.6 Å². The maximum Gasteiger partial charge on any atom is 0.255 e. The Morgan fingerprint density at radius 3 is 2.80 bits per heavy atom. The quantitative estimate of drug-likeness (QED) is 0.535. The standard InChI is InChI=1S/C15H10N4O/c20-14-6-5-10-7-16-13-4-2-1-3-12(13)15(10)19(14)11-8-17-18-9-11/h1-9H,(H,17,18). The molecule has 0 atom stereocenters. The van der Waals surface area contributed by atoms with E-state index in [4.69, 9.17) is 0 Å². The predicted octanol–water partition coefficient (Wildman–Crippen LogP) is 2.26. The number of rotatable bonds is 1. The number of aromatic nitrogens is 4. The van der Waals surface area contributed by atoms with Crippen molar-refractivity contribution >= 4 is 21.8 Å². The first-order valence-electron chi connectivity index (χ1n) is 6.23. The summed E-state index contributed by atoms with van der Waals surface area (Å²) in [5.74, 6) is 0. The van der Waals surface area contributed by atoms with Crippen molar-refractivity contribution in [2.24, 2.45) is 0 Å². The van der Waals surface area contributed by atoms with Crippen molar-refractivity contribution in [2.75, 3.05) is 0 Å². The van der Waals surface area contributed by atoms with E-state index < -0.39 is 0 Å². The van der Waals surface area contributed by atoms with E-state index in [1.165, 1.54) is 0 Å². The number of fused-ring (bicyclic) bond motifs is 3. The van der Waals surface area contributed by atoms with Crippen LogP contribution in [0.5, 0.6) is 0 Å². The van der Waals surface area contributed by atoms with Gasteiger partial charge in [-0.15, -0.1) is 0 Å².